The Hall–Kier alpha value is -3.85. The fourth-order valence-corrected chi connectivity index (χ4v) is 2.98. The summed E-state index contributed by atoms with van der Waals surface area (Å²) in [5.74, 6) is -1.55. The van der Waals surface area contributed by atoms with Crippen LogP contribution in [0.25, 0.3) is 6.08 Å². The van der Waals surface area contributed by atoms with Crippen LogP contribution in [0.15, 0.2) is 48.2 Å². The summed E-state index contributed by atoms with van der Waals surface area (Å²) in [7, 11) is 0. The molecule has 5 amide bonds. The Morgan fingerprint density at radius 2 is 1.90 bits per heavy atom. The molecule has 9 nitrogen and oxygen atoms in total. The van der Waals surface area contributed by atoms with Gasteiger partial charge in [0.25, 0.3) is 11.8 Å². The van der Waals surface area contributed by atoms with Crippen LogP contribution >= 0.6 is 11.6 Å². The average Bonchev–Trinajstić information content (AvgIpc) is 2.96. The van der Waals surface area contributed by atoms with Gasteiger partial charge in [-0.1, -0.05) is 35.4 Å². The molecule has 0 saturated carbocycles. The number of rotatable bonds is 7. The van der Waals surface area contributed by atoms with E-state index in [1.54, 1.807) is 18.2 Å². The molecule has 2 aromatic carbocycles. The van der Waals surface area contributed by atoms with Gasteiger partial charge in [0.05, 0.1) is 5.02 Å². The fraction of sp³-hybridized carbons (Fsp3) is 0.143. The summed E-state index contributed by atoms with van der Waals surface area (Å²) in [5, 5.41) is 5.27. The SMILES string of the molecule is Cc1ccc(NC(=O)CN2C(=O)NC(=Cc3ccc(OCC(N)=O)c(Cl)c3)C2=O)cc1. The number of benzene rings is 2. The normalized spacial score (nSPS) is 14.5. The summed E-state index contributed by atoms with van der Waals surface area (Å²) < 4.78 is 5.16. The third-order valence-electron chi connectivity index (χ3n) is 4.24. The van der Waals surface area contributed by atoms with Crippen molar-refractivity contribution in [1.29, 1.82) is 0 Å². The quantitative estimate of drug-likeness (QED) is 0.446. The number of ether oxygens (including phenoxy) is 1. The van der Waals surface area contributed by atoms with Crippen LogP contribution < -0.4 is 21.1 Å². The molecular weight excluding hydrogens is 424 g/mol. The maximum Gasteiger partial charge on any atom is 0.329 e. The Morgan fingerprint density at radius 1 is 1.19 bits per heavy atom. The summed E-state index contributed by atoms with van der Waals surface area (Å²) in [6.45, 7) is 1.16. The van der Waals surface area contributed by atoms with Gasteiger partial charge in [0, 0.05) is 5.69 Å². The lowest BCUT2D eigenvalue weighted by Gasteiger charge is -2.12. The van der Waals surface area contributed by atoms with E-state index in [0.717, 1.165) is 10.5 Å². The van der Waals surface area contributed by atoms with Gasteiger partial charge in [-0.2, -0.15) is 0 Å². The van der Waals surface area contributed by atoms with Crippen molar-refractivity contribution in [3.8, 4) is 5.75 Å². The molecule has 0 unspecified atom stereocenters. The molecule has 160 valence electrons. The van der Waals surface area contributed by atoms with Crippen molar-refractivity contribution in [3.05, 3.63) is 64.3 Å². The Kier molecular flexibility index (Phi) is 6.56. The van der Waals surface area contributed by atoms with Gasteiger partial charge >= 0.3 is 6.03 Å². The zero-order valence-corrected chi connectivity index (χ0v) is 17.2. The van der Waals surface area contributed by atoms with E-state index in [0.29, 0.717) is 11.3 Å². The second-order valence-electron chi connectivity index (χ2n) is 6.74. The number of primary amides is 1. The lowest BCUT2D eigenvalue weighted by Crippen LogP contribution is -2.38. The topological polar surface area (TPSA) is 131 Å². The Bertz CT molecular complexity index is 1080. The standard InChI is InChI=1S/C21H19ClN4O5/c1-12-2-5-14(6-3-12)24-19(28)10-26-20(29)16(25-21(26)30)9-13-4-7-17(15(22)8-13)31-11-18(23)27/h2-9H,10-11H2,1H3,(H2,23,27)(H,24,28)(H,25,30). The molecule has 31 heavy (non-hydrogen) atoms. The predicted octanol–water partition coefficient (Wildman–Crippen LogP) is 2.04. The second-order valence-corrected chi connectivity index (χ2v) is 7.15. The van der Waals surface area contributed by atoms with Crippen molar-refractivity contribution in [2.45, 2.75) is 6.92 Å². The smallest absolute Gasteiger partial charge is 0.329 e. The lowest BCUT2D eigenvalue weighted by molar-refractivity contribution is -0.127. The van der Waals surface area contributed by atoms with Gasteiger partial charge in [-0.15, -0.1) is 0 Å². The van der Waals surface area contributed by atoms with Crippen molar-refractivity contribution in [1.82, 2.24) is 10.2 Å². The van der Waals surface area contributed by atoms with E-state index in [-0.39, 0.29) is 23.1 Å². The Morgan fingerprint density at radius 3 is 2.55 bits per heavy atom. The monoisotopic (exact) mass is 442 g/mol. The largest absolute Gasteiger partial charge is 0.482 e. The molecule has 0 atom stereocenters. The zero-order chi connectivity index (χ0) is 22.5. The summed E-state index contributed by atoms with van der Waals surface area (Å²) in [5.41, 5.74) is 7.13. The van der Waals surface area contributed by atoms with E-state index >= 15 is 0 Å². The van der Waals surface area contributed by atoms with Crippen LogP contribution in [0.4, 0.5) is 10.5 Å². The zero-order valence-electron chi connectivity index (χ0n) is 16.5. The van der Waals surface area contributed by atoms with Gasteiger partial charge in [0.2, 0.25) is 5.91 Å². The molecule has 3 rings (SSSR count). The van der Waals surface area contributed by atoms with Gasteiger partial charge in [-0.05, 0) is 42.8 Å². The molecule has 1 aliphatic rings. The van der Waals surface area contributed by atoms with Crippen LogP contribution in [-0.4, -0.2) is 41.8 Å². The summed E-state index contributed by atoms with van der Waals surface area (Å²) in [4.78, 5) is 48.6. The van der Waals surface area contributed by atoms with Crippen molar-refractivity contribution >= 4 is 47.1 Å². The molecule has 2 aromatic rings. The minimum absolute atomic E-state index is 0.00462. The molecule has 0 bridgehead atoms. The highest BCUT2D eigenvalue weighted by atomic mass is 35.5. The van der Waals surface area contributed by atoms with Gasteiger partial charge < -0.3 is 21.1 Å². The first-order valence-electron chi connectivity index (χ1n) is 9.14. The molecule has 0 spiro atoms. The molecule has 10 heteroatoms. The number of hydrogen-bond acceptors (Lipinski definition) is 5. The summed E-state index contributed by atoms with van der Waals surface area (Å²) in [6, 6.07) is 11.0. The highest BCUT2D eigenvalue weighted by Crippen LogP contribution is 2.27. The molecule has 1 saturated heterocycles. The average molecular weight is 443 g/mol. The van der Waals surface area contributed by atoms with E-state index < -0.39 is 30.3 Å². The van der Waals surface area contributed by atoms with Gasteiger partial charge in [-0.25, -0.2) is 9.69 Å². The van der Waals surface area contributed by atoms with E-state index in [1.165, 1.54) is 18.2 Å². The maximum atomic E-state index is 12.6. The predicted molar refractivity (Wildman–Crippen MR) is 114 cm³/mol. The number of nitrogens with zero attached hydrogens (tertiary/aromatic N) is 1. The van der Waals surface area contributed by atoms with Crippen molar-refractivity contribution in [2.24, 2.45) is 5.73 Å². The number of hydrogen-bond donors (Lipinski definition) is 3. The summed E-state index contributed by atoms with van der Waals surface area (Å²) >= 11 is 6.11. The Labute approximate surface area is 182 Å². The number of carbonyl (C=O) groups excluding carboxylic acids is 4. The van der Waals surface area contributed by atoms with Gasteiger partial charge in [0.1, 0.15) is 18.0 Å². The van der Waals surface area contributed by atoms with E-state index in [9.17, 15) is 19.2 Å². The van der Waals surface area contributed by atoms with Crippen LogP contribution in [0.2, 0.25) is 5.02 Å². The molecular formula is C21H19ClN4O5. The number of halogens is 1. The molecule has 0 radical (unpaired) electrons. The van der Waals surface area contributed by atoms with Crippen LogP contribution in [0.5, 0.6) is 5.75 Å². The van der Waals surface area contributed by atoms with Crippen molar-refractivity contribution in [3.63, 3.8) is 0 Å². The number of nitrogens with one attached hydrogen (secondary N) is 2. The highest BCUT2D eigenvalue weighted by molar-refractivity contribution is 6.32. The lowest BCUT2D eigenvalue weighted by atomic mass is 10.2. The summed E-state index contributed by atoms with van der Waals surface area (Å²) in [6.07, 6.45) is 1.42. The number of urea groups is 1. The molecule has 1 fully saturated rings. The first kappa shape index (κ1) is 21.8. The number of anilines is 1. The first-order chi connectivity index (χ1) is 14.7. The van der Waals surface area contributed by atoms with Crippen molar-refractivity contribution < 1.29 is 23.9 Å². The molecule has 1 heterocycles. The number of nitrogens with two attached hydrogens (primary N) is 1. The van der Waals surface area contributed by atoms with Crippen LogP contribution in [0.1, 0.15) is 11.1 Å². The molecule has 0 aliphatic carbocycles. The minimum atomic E-state index is -0.706. The molecule has 0 aromatic heterocycles. The van der Waals surface area contributed by atoms with E-state index in [1.807, 2.05) is 19.1 Å². The van der Waals surface area contributed by atoms with E-state index in [4.69, 9.17) is 22.1 Å². The van der Waals surface area contributed by atoms with Crippen LogP contribution in [0.3, 0.4) is 0 Å². The number of amides is 5. The molecule has 1 aliphatic heterocycles. The van der Waals surface area contributed by atoms with Gasteiger partial charge in [0.15, 0.2) is 6.61 Å². The highest BCUT2D eigenvalue weighted by Gasteiger charge is 2.34. The van der Waals surface area contributed by atoms with Crippen LogP contribution in [0, 0.1) is 6.92 Å². The first-order valence-corrected chi connectivity index (χ1v) is 9.52. The fourth-order valence-electron chi connectivity index (χ4n) is 2.74. The molecule has 4 N–H and O–H groups in total. The Balaban J connectivity index is 1.67. The number of aryl methyl sites for hydroxylation is 1. The second kappa shape index (κ2) is 9.31. The van der Waals surface area contributed by atoms with Gasteiger partial charge in [-0.3, -0.25) is 14.4 Å². The third kappa shape index (κ3) is 5.61. The number of imide groups is 1. The van der Waals surface area contributed by atoms with Crippen LogP contribution in [-0.2, 0) is 14.4 Å². The van der Waals surface area contributed by atoms with Crippen molar-refractivity contribution in [2.75, 3.05) is 18.5 Å². The maximum absolute atomic E-state index is 12.6. The minimum Gasteiger partial charge on any atom is -0.482 e. The van der Waals surface area contributed by atoms with E-state index in [2.05, 4.69) is 10.6 Å². The third-order valence-corrected chi connectivity index (χ3v) is 4.53. The number of carbonyl (C=O) groups is 4.